The maximum atomic E-state index is 12.2. The number of carbonyl (C=O) groups excluding carboxylic acids is 1. The van der Waals surface area contributed by atoms with Gasteiger partial charge in [0, 0.05) is 25.2 Å². The van der Waals surface area contributed by atoms with E-state index in [1.165, 1.54) is 6.07 Å². The molecule has 3 rings (SSSR count). The Morgan fingerprint density at radius 2 is 2.00 bits per heavy atom. The molecule has 1 saturated heterocycles. The normalized spacial score (nSPS) is 19.6. The van der Waals surface area contributed by atoms with Crippen LogP contribution in [-0.2, 0) is 10.0 Å². The molecular formula is C13H18N2O4S. The van der Waals surface area contributed by atoms with Gasteiger partial charge in [0.2, 0.25) is 10.0 Å². The van der Waals surface area contributed by atoms with Crippen molar-refractivity contribution in [2.24, 2.45) is 0 Å². The third-order valence-electron chi connectivity index (χ3n) is 3.66. The van der Waals surface area contributed by atoms with E-state index in [4.69, 9.17) is 4.42 Å². The van der Waals surface area contributed by atoms with Gasteiger partial charge < -0.3 is 9.32 Å². The average molecular weight is 298 g/mol. The molecule has 1 aromatic heterocycles. The molecule has 0 aromatic carbocycles. The fraction of sp³-hybridized carbons (Fsp3) is 0.615. The van der Waals surface area contributed by atoms with Crippen LogP contribution in [0.2, 0.25) is 0 Å². The number of sulfonamides is 1. The van der Waals surface area contributed by atoms with E-state index in [2.05, 4.69) is 4.72 Å². The maximum Gasteiger partial charge on any atom is 0.289 e. The van der Waals surface area contributed by atoms with Crippen LogP contribution in [0.15, 0.2) is 15.4 Å². The lowest BCUT2D eigenvalue weighted by molar-refractivity contribution is 0.0760. The van der Waals surface area contributed by atoms with Gasteiger partial charge in [0.25, 0.3) is 5.91 Å². The van der Waals surface area contributed by atoms with E-state index in [1.54, 1.807) is 11.8 Å². The second-order valence-electron chi connectivity index (χ2n) is 5.43. The number of hydrogen-bond acceptors (Lipinski definition) is 4. The molecule has 1 N–H and O–H groups in total. The second-order valence-corrected chi connectivity index (χ2v) is 7.11. The Balaban J connectivity index is 1.84. The van der Waals surface area contributed by atoms with E-state index >= 15 is 0 Å². The highest BCUT2D eigenvalue weighted by molar-refractivity contribution is 7.89. The Morgan fingerprint density at radius 3 is 2.60 bits per heavy atom. The highest BCUT2D eigenvalue weighted by Crippen LogP contribution is 2.26. The largest absolute Gasteiger partial charge is 0.455 e. The number of hydrogen-bond donors (Lipinski definition) is 1. The van der Waals surface area contributed by atoms with Gasteiger partial charge in [-0.1, -0.05) is 0 Å². The van der Waals surface area contributed by atoms with Crippen LogP contribution in [0.4, 0.5) is 0 Å². The predicted molar refractivity (Wildman–Crippen MR) is 71.9 cm³/mol. The minimum Gasteiger partial charge on any atom is -0.455 e. The fourth-order valence-electron chi connectivity index (χ4n) is 2.40. The number of carbonyl (C=O) groups is 1. The van der Waals surface area contributed by atoms with Crippen molar-refractivity contribution in [2.75, 3.05) is 13.1 Å². The second kappa shape index (κ2) is 4.89. The Bertz CT molecular complexity index is 625. The third kappa shape index (κ3) is 2.60. The first-order chi connectivity index (χ1) is 9.47. The van der Waals surface area contributed by atoms with Crippen LogP contribution in [0, 0.1) is 6.92 Å². The van der Waals surface area contributed by atoms with Gasteiger partial charge in [-0.25, -0.2) is 13.1 Å². The zero-order valence-electron chi connectivity index (χ0n) is 11.4. The topological polar surface area (TPSA) is 79.6 Å². The minimum absolute atomic E-state index is 0.0343. The zero-order valence-corrected chi connectivity index (χ0v) is 12.2. The number of amides is 1. The van der Waals surface area contributed by atoms with Crippen LogP contribution >= 0.6 is 0 Å². The Morgan fingerprint density at radius 1 is 1.35 bits per heavy atom. The molecule has 2 fully saturated rings. The lowest BCUT2D eigenvalue weighted by atomic mass is 10.4. The van der Waals surface area contributed by atoms with Crippen molar-refractivity contribution >= 4 is 15.9 Å². The van der Waals surface area contributed by atoms with Gasteiger partial charge in [-0.15, -0.1) is 0 Å². The van der Waals surface area contributed by atoms with Gasteiger partial charge in [0.1, 0.15) is 10.7 Å². The van der Waals surface area contributed by atoms with Gasteiger partial charge in [0.05, 0.1) is 0 Å². The molecule has 0 bridgehead atoms. The quantitative estimate of drug-likeness (QED) is 0.907. The Labute approximate surface area is 118 Å². The van der Waals surface area contributed by atoms with Crippen molar-refractivity contribution in [2.45, 2.75) is 43.5 Å². The molecule has 2 aliphatic rings. The van der Waals surface area contributed by atoms with E-state index < -0.39 is 10.0 Å². The van der Waals surface area contributed by atoms with E-state index in [1.807, 2.05) is 0 Å². The first-order valence-corrected chi connectivity index (χ1v) is 8.38. The number of nitrogens with zero attached hydrogens (tertiary/aromatic N) is 1. The first-order valence-electron chi connectivity index (χ1n) is 6.89. The molecule has 1 aliphatic heterocycles. The van der Waals surface area contributed by atoms with Crippen molar-refractivity contribution < 1.29 is 17.6 Å². The molecule has 110 valence electrons. The summed E-state index contributed by atoms with van der Waals surface area (Å²) in [6.45, 7) is 2.99. The Hall–Kier alpha value is -1.34. The van der Waals surface area contributed by atoms with Gasteiger partial charge in [-0.2, -0.15) is 0 Å². The van der Waals surface area contributed by atoms with Crippen molar-refractivity contribution in [3.05, 3.63) is 17.6 Å². The van der Waals surface area contributed by atoms with Crippen molar-refractivity contribution in [1.82, 2.24) is 9.62 Å². The molecule has 1 amide bonds. The Kier molecular flexibility index (Phi) is 3.33. The molecule has 7 heteroatoms. The molecule has 0 unspecified atom stereocenters. The molecule has 20 heavy (non-hydrogen) atoms. The molecule has 0 atom stereocenters. The fourth-order valence-corrected chi connectivity index (χ4v) is 3.88. The molecule has 0 spiro atoms. The molecular weight excluding hydrogens is 280 g/mol. The van der Waals surface area contributed by atoms with Crippen molar-refractivity contribution in [3.8, 4) is 0 Å². The highest BCUT2D eigenvalue weighted by atomic mass is 32.2. The third-order valence-corrected chi connectivity index (χ3v) is 5.29. The average Bonchev–Trinajstić information content (AvgIpc) is 2.92. The van der Waals surface area contributed by atoms with E-state index in [-0.39, 0.29) is 28.4 Å². The molecule has 6 nitrogen and oxygen atoms in total. The maximum absolute atomic E-state index is 12.2. The van der Waals surface area contributed by atoms with Crippen LogP contribution in [0.1, 0.15) is 42.0 Å². The van der Waals surface area contributed by atoms with Crippen LogP contribution in [0.5, 0.6) is 0 Å². The lowest BCUT2D eigenvalue weighted by Gasteiger charge is -2.12. The summed E-state index contributed by atoms with van der Waals surface area (Å²) in [5.41, 5.74) is 0. The standard InChI is InChI=1S/C13H18N2O4S/c1-9-12(20(17,18)14-10-4-5-10)8-11(19-9)13(16)15-6-2-3-7-15/h8,10,14H,2-7H2,1H3. The summed E-state index contributed by atoms with van der Waals surface area (Å²) in [6, 6.07) is 1.38. The van der Waals surface area contributed by atoms with Crippen molar-refractivity contribution in [1.29, 1.82) is 0 Å². The molecule has 0 radical (unpaired) electrons. The zero-order chi connectivity index (χ0) is 14.3. The number of aryl methyl sites for hydroxylation is 1. The summed E-state index contributed by atoms with van der Waals surface area (Å²) < 4.78 is 32.3. The van der Waals surface area contributed by atoms with Crippen LogP contribution < -0.4 is 4.72 Å². The summed E-state index contributed by atoms with van der Waals surface area (Å²) in [5, 5.41) is 0. The number of nitrogens with one attached hydrogen (secondary N) is 1. The molecule has 1 aromatic rings. The van der Waals surface area contributed by atoms with Gasteiger partial charge >= 0.3 is 0 Å². The number of likely N-dealkylation sites (tertiary alicyclic amines) is 1. The van der Waals surface area contributed by atoms with Gasteiger partial charge in [0.15, 0.2) is 5.76 Å². The molecule has 2 heterocycles. The number of furan rings is 1. The summed E-state index contributed by atoms with van der Waals surface area (Å²) >= 11 is 0. The first kappa shape index (κ1) is 13.6. The smallest absolute Gasteiger partial charge is 0.289 e. The van der Waals surface area contributed by atoms with Gasteiger partial charge in [-0.05, 0) is 32.6 Å². The van der Waals surface area contributed by atoms with Gasteiger partial charge in [-0.3, -0.25) is 4.79 Å². The van der Waals surface area contributed by atoms with E-state index in [9.17, 15) is 13.2 Å². The van der Waals surface area contributed by atoms with Crippen LogP contribution in [0.3, 0.4) is 0 Å². The summed E-state index contributed by atoms with van der Waals surface area (Å²) in [4.78, 5) is 14.0. The van der Waals surface area contributed by atoms with Crippen LogP contribution in [0.25, 0.3) is 0 Å². The minimum atomic E-state index is -3.58. The molecule has 1 saturated carbocycles. The molecule has 1 aliphatic carbocycles. The summed E-state index contributed by atoms with van der Waals surface area (Å²) in [5.74, 6) is 0.153. The van der Waals surface area contributed by atoms with Crippen LogP contribution in [-0.4, -0.2) is 38.4 Å². The monoisotopic (exact) mass is 298 g/mol. The predicted octanol–water partition coefficient (Wildman–Crippen LogP) is 1.26. The SMILES string of the molecule is Cc1oc(C(=O)N2CCCC2)cc1S(=O)(=O)NC1CC1. The summed E-state index contributed by atoms with van der Waals surface area (Å²) in [6.07, 6.45) is 3.71. The lowest BCUT2D eigenvalue weighted by Crippen LogP contribution is -2.27. The van der Waals surface area contributed by atoms with E-state index in [0.29, 0.717) is 13.1 Å². The number of rotatable bonds is 4. The van der Waals surface area contributed by atoms with E-state index in [0.717, 1.165) is 25.7 Å². The highest BCUT2D eigenvalue weighted by Gasteiger charge is 2.32. The summed E-state index contributed by atoms with van der Waals surface area (Å²) in [7, 11) is -3.58. The van der Waals surface area contributed by atoms with Crippen molar-refractivity contribution in [3.63, 3.8) is 0 Å².